The van der Waals surface area contributed by atoms with E-state index in [1.165, 1.54) is 30.6 Å². The Balaban J connectivity index is 1.77. The number of pyridine rings is 1. The fourth-order valence-electron chi connectivity index (χ4n) is 4.20. The monoisotopic (exact) mass is 462 g/mol. The number of anilines is 2. The van der Waals surface area contributed by atoms with E-state index in [1.807, 2.05) is 25.1 Å². The number of aromatic nitrogens is 1. The Bertz CT molecular complexity index is 897. The maximum Gasteiger partial charge on any atom is 0.242 e. The molecule has 2 aromatic heterocycles. The highest BCUT2D eigenvalue weighted by Crippen LogP contribution is 2.35. The molecule has 1 aliphatic rings. The summed E-state index contributed by atoms with van der Waals surface area (Å²) in [6, 6.07) is 5.30. The lowest BCUT2D eigenvalue weighted by atomic mass is 9.84. The zero-order valence-electron chi connectivity index (χ0n) is 18.4. The van der Waals surface area contributed by atoms with Crippen LogP contribution in [-0.4, -0.2) is 30.4 Å². The van der Waals surface area contributed by atoms with Crippen LogP contribution in [-0.2, 0) is 9.59 Å². The van der Waals surface area contributed by atoms with Crippen molar-refractivity contribution in [2.45, 2.75) is 64.5 Å². The quantitative estimate of drug-likeness (QED) is 0.494. The minimum Gasteiger partial charge on any atom is -0.376 e. The van der Waals surface area contributed by atoms with Gasteiger partial charge in [0.1, 0.15) is 6.04 Å². The first-order valence-electron chi connectivity index (χ1n) is 10.9. The average molecular weight is 463 g/mol. The SMILES string of the molecule is CNC(=O)[C@H](CC1CCCCC1)N(C=O)c1ccc([C@H](C)Nc2cc(Cl)cnc2C)s1. The molecule has 1 fully saturated rings. The van der Waals surface area contributed by atoms with E-state index in [0.717, 1.165) is 40.5 Å². The second kappa shape index (κ2) is 11.0. The van der Waals surface area contributed by atoms with E-state index < -0.39 is 6.04 Å². The largest absolute Gasteiger partial charge is 0.376 e. The normalized spacial score (nSPS) is 16.4. The summed E-state index contributed by atoms with van der Waals surface area (Å²) in [6.07, 6.45) is 9.05. The topological polar surface area (TPSA) is 74.3 Å². The Morgan fingerprint density at radius 1 is 1.35 bits per heavy atom. The minimum absolute atomic E-state index is 0.00279. The van der Waals surface area contributed by atoms with Gasteiger partial charge < -0.3 is 10.6 Å². The van der Waals surface area contributed by atoms with Crippen molar-refractivity contribution in [3.63, 3.8) is 0 Å². The molecule has 0 bridgehead atoms. The molecule has 3 rings (SSSR count). The summed E-state index contributed by atoms with van der Waals surface area (Å²) in [5.74, 6) is 0.372. The molecule has 2 amide bonds. The van der Waals surface area contributed by atoms with Gasteiger partial charge in [0.15, 0.2) is 0 Å². The molecule has 2 heterocycles. The molecule has 0 unspecified atom stereocenters. The summed E-state index contributed by atoms with van der Waals surface area (Å²) in [7, 11) is 1.63. The van der Waals surface area contributed by atoms with E-state index >= 15 is 0 Å². The van der Waals surface area contributed by atoms with Gasteiger partial charge in [-0.05, 0) is 44.4 Å². The Morgan fingerprint density at radius 2 is 2.10 bits per heavy atom. The summed E-state index contributed by atoms with van der Waals surface area (Å²) < 4.78 is 0. The average Bonchev–Trinajstić information content (AvgIpc) is 3.26. The minimum atomic E-state index is -0.486. The number of rotatable bonds is 9. The molecule has 0 aliphatic heterocycles. The Hall–Kier alpha value is -2.12. The number of nitrogens with zero attached hydrogens (tertiary/aromatic N) is 2. The van der Waals surface area contributed by atoms with Crippen LogP contribution in [0.4, 0.5) is 10.7 Å². The van der Waals surface area contributed by atoms with E-state index in [1.54, 1.807) is 18.1 Å². The van der Waals surface area contributed by atoms with E-state index in [2.05, 4.69) is 22.5 Å². The molecule has 8 heteroatoms. The Kier molecular flexibility index (Phi) is 8.32. The lowest BCUT2D eigenvalue weighted by Crippen LogP contribution is -2.46. The van der Waals surface area contributed by atoms with Gasteiger partial charge in [-0.25, -0.2) is 0 Å². The fraction of sp³-hybridized carbons (Fsp3) is 0.522. The highest BCUT2D eigenvalue weighted by Gasteiger charge is 2.30. The smallest absolute Gasteiger partial charge is 0.242 e. The van der Waals surface area contributed by atoms with Gasteiger partial charge >= 0.3 is 0 Å². The summed E-state index contributed by atoms with van der Waals surface area (Å²) in [5.41, 5.74) is 1.75. The number of nitrogens with one attached hydrogen (secondary N) is 2. The van der Waals surface area contributed by atoms with Crippen molar-refractivity contribution in [1.29, 1.82) is 0 Å². The number of halogens is 1. The maximum atomic E-state index is 12.7. The molecule has 6 nitrogen and oxygen atoms in total. The molecule has 1 aliphatic carbocycles. The standard InChI is InChI=1S/C23H31ClN4O2S/c1-15-19(12-18(24)13-26-15)27-16(2)21-9-10-22(31-21)28(14-29)20(23(30)25-3)11-17-7-5-4-6-8-17/h9-10,12-14,16-17,20,27H,4-8,11H2,1-3H3,(H,25,30)/t16-,20-/m0/s1. The highest BCUT2D eigenvalue weighted by molar-refractivity contribution is 7.16. The zero-order valence-corrected chi connectivity index (χ0v) is 19.9. The number of thiophene rings is 1. The molecule has 1 saturated carbocycles. The third-order valence-electron chi connectivity index (χ3n) is 6.00. The molecule has 0 spiro atoms. The van der Waals surface area contributed by atoms with Crippen molar-refractivity contribution in [1.82, 2.24) is 10.3 Å². The highest BCUT2D eigenvalue weighted by atomic mass is 35.5. The van der Waals surface area contributed by atoms with Gasteiger partial charge in [-0.1, -0.05) is 43.7 Å². The van der Waals surface area contributed by atoms with Gasteiger partial charge in [0, 0.05) is 18.1 Å². The van der Waals surface area contributed by atoms with Crippen LogP contribution >= 0.6 is 22.9 Å². The van der Waals surface area contributed by atoms with Crippen molar-refractivity contribution in [3.8, 4) is 0 Å². The lowest BCUT2D eigenvalue weighted by molar-refractivity contribution is -0.123. The predicted molar refractivity (Wildman–Crippen MR) is 128 cm³/mol. The van der Waals surface area contributed by atoms with E-state index in [9.17, 15) is 9.59 Å². The van der Waals surface area contributed by atoms with Crippen LogP contribution in [0.5, 0.6) is 0 Å². The maximum absolute atomic E-state index is 12.7. The van der Waals surface area contributed by atoms with Crippen LogP contribution in [0, 0.1) is 12.8 Å². The molecule has 0 radical (unpaired) electrons. The van der Waals surface area contributed by atoms with Crippen LogP contribution in [0.1, 0.15) is 62.1 Å². The van der Waals surface area contributed by atoms with Crippen LogP contribution in [0.3, 0.4) is 0 Å². The molecular weight excluding hydrogens is 432 g/mol. The van der Waals surface area contributed by atoms with Crippen molar-refractivity contribution in [3.05, 3.63) is 40.0 Å². The molecule has 2 N–H and O–H groups in total. The molecule has 31 heavy (non-hydrogen) atoms. The molecule has 0 aromatic carbocycles. The summed E-state index contributed by atoms with van der Waals surface area (Å²) in [6.45, 7) is 3.98. The van der Waals surface area contributed by atoms with Crippen LogP contribution < -0.4 is 15.5 Å². The van der Waals surface area contributed by atoms with E-state index in [0.29, 0.717) is 17.4 Å². The number of carbonyl (C=O) groups excluding carboxylic acids is 2. The van der Waals surface area contributed by atoms with Gasteiger partial charge in [-0.15, -0.1) is 11.3 Å². The van der Waals surface area contributed by atoms with Crippen LogP contribution in [0.25, 0.3) is 0 Å². The molecular formula is C23H31ClN4O2S. The van der Waals surface area contributed by atoms with Gasteiger partial charge in [0.25, 0.3) is 0 Å². The van der Waals surface area contributed by atoms with Crippen molar-refractivity contribution in [2.24, 2.45) is 5.92 Å². The Morgan fingerprint density at radius 3 is 2.77 bits per heavy atom. The second-order valence-corrected chi connectivity index (χ2v) is 9.74. The number of hydrogen-bond acceptors (Lipinski definition) is 5. The molecule has 2 aromatic rings. The second-order valence-electron chi connectivity index (χ2n) is 8.21. The third kappa shape index (κ3) is 5.98. The zero-order chi connectivity index (χ0) is 22.4. The van der Waals surface area contributed by atoms with Gasteiger partial charge in [-0.3, -0.25) is 19.5 Å². The summed E-state index contributed by atoms with van der Waals surface area (Å²) >= 11 is 7.61. The fourth-order valence-corrected chi connectivity index (χ4v) is 5.39. The number of likely N-dealkylation sites (N-methyl/N-ethyl adjacent to an activating group) is 1. The van der Waals surface area contributed by atoms with Gasteiger partial charge in [0.05, 0.1) is 27.4 Å². The van der Waals surface area contributed by atoms with Crippen LogP contribution in [0.15, 0.2) is 24.4 Å². The van der Waals surface area contributed by atoms with Crippen molar-refractivity contribution >= 4 is 45.9 Å². The third-order valence-corrected chi connectivity index (χ3v) is 7.49. The summed E-state index contributed by atoms with van der Waals surface area (Å²) in [5, 5.41) is 7.55. The van der Waals surface area contributed by atoms with Crippen LogP contribution in [0.2, 0.25) is 5.02 Å². The molecule has 0 saturated heterocycles. The van der Waals surface area contributed by atoms with E-state index in [4.69, 9.17) is 11.6 Å². The van der Waals surface area contributed by atoms with Crippen molar-refractivity contribution in [2.75, 3.05) is 17.3 Å². The van der Waals surface area contributed by atoms with Crippen molar-refractivity contribution < 1.29 is 9.59 Å². The lowest BCUT2D eigenvalue weighted by Gasteiger charge is -2.31. The number of hydrogen-bond donors (Lipinski definition) is 2. The number of carbonyl (C=O) groups is 2. The first-order valence-corrected chi connectivity index (χ1v) is 12.1. The predicted octanol–water partition coefficient (Wildman–Crippen LogP) is 5.33. The number of aryl methyl sites for hydroxylation is 1. The van der Waals surface area contributed by atoms with Gasteiger partial charge in [0.2, 0.25) is 12.3 Å². The molecule has 168 valence electrons. The number of amides is 2. The van der Waals surface area contributed by atoms with E-state index in [-0.39, 0.29) is 11.9 Å². The van der Waals surface area contributed by atoms with Gasteiger partial charge in [-0.2, -0.15) is 0 Å². The summed E-state index contributed by atoms with van der Waals surface area (Å²) in [4.78, 5) is 31.7. The first kappa shape index (κ1) is 23.5. The molecule has 2 atom stereocenters. The first-order chi connectivity index (χ1) is 14.9. The Labute approximate surface area is 193 Å².